The molecule has 0 amide bonds. The largest absolute Gasteiger partial charge is 0.493 e. The molecule has 0 spiro atoms. The van der Waals surface area contributed by atoms with Crippen molar-refractivity contribution >= 4 is 34.2 Å². The summed E-state index contributed by atoms with van der Waals surface area (Å²) >= 11 is 2.29. The number of halogens is 1. The monoisotopic (exact) mass is 491 g/mol. The van der Waals surface area contributed by atoms with Crippen molar-refractivity contribution < 1.29 is 14.2 Å². The molecule has 1 aliphatic rings. The van der Waals surface area contributed by atoms with Crippen molar-refractivity contribution in [2.24, 2.45) is 0 Å². The Labute approximate surface area is 175 Å². The number of nitrogens with zero attached hydrogens (tertiary/aromatic N) is 4. The fraction of sp³-hybridized carbons (Fsp3) is 0.211. The van der Waals surface area contributed by atoms with E-state index in [4.69, 9.17) is 14.2 Å². The lowest BCUT2D eigenvalue weighted by molar-refractivity contribution is 0.320. The Morgan fingerprint density at radius 3 is 2.39 bits per heavy atom. The molecular weight excluding hydrogens is 473 g/mol. The summed E-state index contributed by atoms with van der Waals surface area (Å²) in [4.78, 5) is 0. The van der Waals surface area contributed by atoms with Crippen LogP contribution >= 0.6 is 22.6 Å². The first-order chi connectivity index (χ1) is 13.7. The summed E-state index contributed by atoms with van der Waals surface area (Å²) in [6, 6.07) is 11.7. The lowest BCUT2D eigenvalue weighted by atomic mass is 10.00. The van der Waals surface area contributed by atoms with Crippen molar-refractivity contribution in [3.8, 4) is 17.2 Å². The summed E-state index contributed by atoms with van der Waals surface area (Å²) in [5.74, 6) is 2.25. The molecule has 9 heteroatoms. The van der Waals surface area contributed by atoms with Crippen molar-refractivity contribution in [1.82, 2.24) is 20.2 Å². The molecule has 8 nitrogen and oxygen atoms in total. The maximum atomic E-state index is 5.67. The molecule has 1 aliphatic heterocycles. The first kappa shape index (κ1) is 18.5. The smallest absolute Gasteiger partial charge is 0.248 e. The van der Waals surface area contributed by atoms with Gasteiger partial charge in [-0.2, -0.15) is 4.68 Å². The van der Waals surface area contributed by atoms with Crippen LogP contribution in [0.1, 0.15) is 17.2 Å². The number of aromatic nitrogens is 4. The molecule has 28 heavy (non-hydrogen) atoms. The second kappa shape index (κ2) is 7.66. The van der Waals surface area contributed by atoms with Crippen molar-refractivity contribution in [1.29, 1.82) is 0 Å². The molecule has 1 atom stereocenters. The van der Waals surface area contributed by atoms with Gasteiger partial charge in [0.1, 0.15) is 6.04 Å². The first-order valence-corrected chi connectivity index (χ1v) is 9.55. The topological polar surface area (TPSA) is 83.3 Å². The Bertz CT molecular complexity index is 1030. The number of rotatable bonds is 5. The van der Waals surface area contributed by atoms with Gasteiger partial charge in [-0.25, -0.2) is 0 Å². The molecule has 144 valence electrons. The number of ether oxygens (including phenoxy) is 3. The van der Waals surface area contributed by atoms with E-state index in [0.717, 1.165) is 16.8 Å². The SMILES string of the molecule is COc1ccc(C2C=C(c3ccc(I)cc3)Nc3nnnn32)c(OC)c1OC. The quantitative estimate of drug-likeness (QED) is 0.549. The summed E-state index contributed by atoms with van der Waals surface area (Å²) < 4.78 is 19.5. The minimum Gasteiger partial charge on any atom is -0.493 e. The molecule has 0 radical (unpaired) electrons. The van der Waals surface area contributed by atoms with E-state index in [-0.39, 0.29) is 6.04 Å². The van der Waals surface area contributed by atoms with Gasteiger partial charge in [-0.1, -0.05) is 17.2 Å². The Morgan fingerprint density at radius 2 is 1.71 bits per heavy atom. The highest BCUT2D eigenvalue weighted by atomic mass is 127. The zero-order valence-electron chi connectivity index (χ0n) is 15.5. The number of anilines is 1. The van der Waals surface area contributed by atoms with Crippen molar-refractivity contribution in [2.75, 3.05) is 26.6 Å². The molecule has 1 aromatic heterocycles. The van der Waals surface area contributed by atoms with Crippen LogP contribution < -0.4 is 19.5 Å². The number of fused-ring (bicyclic) bond motifs is 1. The van der Waals surface area contributed by atoms with Crippen LogP contribution in [0.3, 0.4) is 0 Å². The lowest BCUT2D eigenvalue weighted by Crippen LogP contribution is -2.21. The molecule has 0 saturated carbocycles. The Balaban J connectivity index is 1.87. The minimum atomic E-state index is -0.282. The maximum absolute atomic E-state index is 5.67. The second-order valence-electron chi connectivity index (χ2n) is 6.03. The maximum Gasteiger partial charge on any atom is 0.248 e. The van der Waals surface area contributed by atoms with Crippen LogP contribution in [0.15, 0.2) is 42.5 Å². The lowest BCUT2D eigenvalue weighted by Gasteiger charge is -2.25. The van der Waals surface area contributed by atoms with Crippen LogP contribution in [0.5, 0.6) is 17.2 Å². The molecule has 4 rings (SSSR count). The summed E-state index contributed by atoms with van der Waals surface area (Å²) in [7, 11) is 4.78. The second-order valence-corrected chi connectivity index (χ2v) is 7.27. The average molecular weight is 491 g/mol. The van der Waals surface area contributed by atoms with Crippen LogP contribution in [-0.4, -0.2) is 41.5 Å². The first-order valence-electron chi connectivity index (χ1n) is 8.47. The number of methoxy groups -OCH3 is 3. The minimum absolute atomic E-state index is 0.282. The predicted octanol–water partition coefficient (Wildman–Crippen LogP) is 3.36. The van der Waals surface area contributed by atoms with E-state index >= 15 is 0 Å². The van der Waals surface area contributed by atoms with Gasteiger partial charge in [-0.05, 0) is 68.9 Å². The predicted molar refractivity (Wildman–Crippen MR) is 113 cm³/mol. The molecule has 2 aromatic carbocycles. The molecule has 0 aliphatic carbocycles. The number of hydrogen-bond donors (Lipinski definition) is 1. The van der Waals surface area contributed by atoms with Crippen molar-refractivity contribution in [3.05, 3.63) is 57.2 Å². The average Bonchev–Trinajstić information content (AvgIpc) is 3.21. The number of nitrogens with one attached hydrogen (secondary N) is 1. The third kappa shape index (κ3) is 3.15. The number of tetrazole rings is 1. The van der Waals surface area contributed by atoms with E-state index in [1.54, 1.807) is 26.0 Å². The van der Waals surface area contributed by atoms with E-state index < -0.39 is 0 Å². The molecule has 0 fully saturated rings. The highest BCUT2D eigenvalue weighted by molar-refractivity contribution is 14.1. The Morgan fingerprint density at radius 1 is 0.964 bits per heavy atom. The van der Waals surface area contributed by atoms with E-state index in [1.807, 2.05) is 12.1 Å². The van der Waals surface area contributed by atoms with Crippen LogP contribution in [0, 0.1) is 3.57 Å². The summed E-state index contributed by atoms with van der Waals surface area (Å²) in [6.45, 7) is 0. The molecule has 0 bridgehead atoms. The molecule has 3 aromatic rings. The van der Waals surface area contributed by atoms with Gasteiger partial charge in [0.15, 0.2) is 11.5 Å². The molecule has 1 N–H and O–H groups in total. The zero-order chi connectivity index (χ0) is 19.7. The fourth-order valence-electron chi connectivity index (χ4n) is 3.23. The standard InChI is InChI=1S/C19H18IN5O3/c1-26-16-9-8-13(17(27-2)18(16)28-3)15-10-14(11-4-6-12(20)7-5-11)21-19-22-23-24-25(15)19/h4-10,15H,1-3H3,(H,21,22,24). The fourth-order valence-corrected chi connectivity index (χ4v) is 3.59. The highest BCUT2D eigenvalue weighted by Gasteiger charge is 2.29. The van der Waals surface area contributed by atoms with Gasteiger partial charge in [0.05, 0.1) is 21.3 Å². The van der Waals surface area contributed by atoms with E-state index in [9.17, 15) is 0 Å². The van der Waals surface area contributed by atoms with Gasteiger partial charge < -0.3 is 19.5 Å². The molecule has 1 unspecified atom stereocenters. The third-order valence-electron chi connectivity index (χ3n) is 4.54. The van der Waals surface area contributed by atoms with Gasteiger partial charge in [0.2, 0.25) is 11.7 Å². The summed E-state index contributed by atoms with van der Waals surface area (Å²) in [5.41, 5.74) is 2.82. The molecule has 0 saturated heterocycles. The van der Waals surface area contributed by atoms with Gasteiger partial charge in [-0.3, -0.25) is 0 Å². The van der Waals surface area contributed by atoms with Gasteiger partial charge in [0.25, 0.3) is 0 Å². The summed E-state index contributed by atoms with van der Waals surface area (Å²) in [6.07, 6.45) is 2.06. The van der Waals surface area contributed by atoms with Crippen LogP contribution in [0.2, 0.25) is 0 Å². The normalized spacial score (nSPS) is 15.3. The van der Waals surface area contributed by atoms with Crippen LogP contribution in [-0.2, 0) is 0 Å². The van der Waals surface area contributed by atoms with E-state index in [0.29, 0.717) is 23.2 Å². The van der Waals surface area contributed by atoms with Crippen LogP contribution in [0.25, 0.3) is 5.70 Å². The Hall–Kier alpha value is -2.82. The van der Waals surface area contributed by atoms with Gasteiger partial charge >= 0.3 is 0 Å². The van der Waals surface area contributed by atoms with E-state index in [2.05, 4.69) is 73.8 Å². The number of allylic oxidation sites excluding steroid dienone is 1. The van der Waals surface area contributed by atoms with Gasteiger partial charge in [0, 0.05) is 14.8 Å². The number of benzene rings is 2. The Kier molecular flexibility index (Phi) is 5.07. The number of hydrogen-bond acceptors (Lipinski definition) is 7. The van der Waals surface area contributed by atoms with Crippen molar-refractivity contribution in [2.45, 2.75) is 6.04 Å². The van der Waals surface area contributed by atoms with Crippen molar-refractivity contribution in [3.63, 3.8) is 0 Å². The third-order valence-corrected chi connectivity index (χ3v) is 5.25. The van der Waals surface area contributed by atoms with Gasteiger partial charge in [-0.15, -0.1) is 0 Å². The van der Waals surface area contributed by atoms with Crippen LogP contribution in [0.4, 0.5) is 5.95 Å². The molecule has 2 heterocycles. The molecular formula is C19H18IN5O3. The van der Waals surface area contributed by atoms with E-state index in [1.165, 1.54) is 3.57 Å². The zero-order valence-corrected chi connectivity index (χ0v) is 17.7. The highest BCUT2D eigenvalue weighted by Crippen LogP contribution is 2.44. The summed E-state index contributed by atoms with van der Waals surface area (Å²) in [5, 5.41) is 15.4.